The topological polar surface area (TPSA) is 12.0 Å². The van der Waals surface area contributed by atoms with Crippen molar-refractivity contribution in [1.29, 1.82) is 0 Å². The molecule has 0 spiro atoms. The van der Waals surface area contributed by atoms with Crippen LogP contribution in [0.15, 0.2) is 24.3 Å². The van der Waals surface area contributed by atoms with Crippen molar-refractivity contribution in [3.63, 3.8) is 0 Å². The van der Waals surface area contributed by atoms with Crippen LogP contribution in [0, 0.1) is 17.7 Å². The fourth-order valence-corrected chi connectivity index (χ4v) is 2.59. The van der Waals surface area contributed by atoms with Crippen LogP contribution in [0.5, 0.6) is 0 Å². The lowest BCUT2D eigenvalue weighted by molar-refractivity contribution is 0.362. The van der Waals surface area contributed by atoms with Crippen LogP contribution in [0.4, 0.5) is 4.39 Å². The van der Waals surface area contributed by atoms with Crippen LogP contribution in [-0.2, 0) is 6.42 Å². The summed E-state index contributed by atoms with van der Waals surface area (Å²) in [7, 11) is 0. The number of halogens is 1. The maximum Gasteiger partial charge on any atom is 0.123 e. The Morgan fingerprint density at radius 3 is 2.79 bits per heavy atom. The van der Waals surface area contributed by atoms with Gasteiger partial charge in [0.05, 0.1) is 0 Å². The molecular formula is C17H26FN. The predicted molar refractivity (Wildman–Crippen MR) is 78.7 cm³/mol. The molecule has 1 aromatic carbocycles. The molecule has 0 bridgehead atoms. The van der Waals surface area contributed by atoms with Gasteiger partial charge in [0.2, 0.25) is 0 Å². The van der Waals surface area contributed by atoms with E-state index in [1.807, 2.05) is 12.1 Å². The quantitative estimate of drug-likeness (QED) is 0.742. The number of benzene rings is 1. The molecule has 1 fully saturated rings. The molecule has 0 amide bonds. The molecule has 19 heavy (non-hydrogen) atoms. The molecule has 0 radical (unpaired) electrons. The molecule has 2 rings (SSSR count). The molecule has 0 heterocycles. The first-order chi connectivity index (χ1) is 9.17. The molecule has 1 aliphatic rings. The molecule has 1 aliphatic carbocycles. The standard InChI is InChI=1S/C17H26FN/c1-3-13(2)9-15(12-19-17-7-8-17)10-14-5-4-6-16(18)11-14/h4-6,11,13,15,17,19H,3,7-10,12H2,1-2H3. The highest BCUT2D eigenvalue weighted by Gasteiger charge is 2.22. The van der Waals surface area contributed by atoms with Crippen LogP contribution in [-0.4, -0.2) is 12.6 Å². The number of rotatable bonds is 8. The van der Waals surface area contributed by atoms with E-state index in [2.05, 4.69) is 19.2 Å². The minimum atomic E-state index is -0.116. The molecule has 2 unspecified atom stereocenters. The second-order valence-electron chi connectivity index (χ2n) is 6.13. The fourth-order valence-electron chi connectivity index (χ4n) is 2.59. The number of hydrogen-bond acceptors (Lipinski definition) is 1. The average Bonchev–Trinajstić information content (AvgIpc) is 3.20. The average molecular weight is 263 g/mol. The summed E-state index contributed by atoms with van der Waals surface area (Å²) in [6, 6.07) is 7.83. The number of hydrogen-bond donors (Lipinski definition) is 1. The summed E-state index contributed by atoms with van der Waals surface area (Å²) >= 11 is 0. The third-order valence-corrected chi connectivity index (χ3v) is 4.12. The summed E-state index contributed by atoms with van der Waals surface area (Å²) in [4.78, 5) is 0. The smallest absolute Gasteiger partial charge is 0.123 e. The van der Waals surface area contributed by atoms with Crippen molar-refractivity contribution in [3.05, 3.63) is 35.6 Å². The van der Waals surface area contributed by atoms with E-state index >= 15 is 0 Å². The normalized spacial score (nSPS) is 18.3. The Bertz CT molecular complexity index is 387. The Kier molecular flexibility index (Phi) is 5.38. The van der Waals surface area contributed by atoms with Gasteiger partial charge < -0.3 is 5.32 Å². The van der Waals surface area contributed by atoms with Crippen LogP contribution in [0.25, 0.3) is 0 Å². The van der Waals surface area contributed by atoms with Crippen molar-refractivity contribution in [2.24, 2.45) is 11.8 Å². The summed E-state index contributed by atoms with van der Waals surface area (Å²) in [5.41, 5.74) is 1.13. The van der Waals surface area contributed by atoms with Crippen molar-refractivity contribution in [1.82, 2.24) is 5.32 Å². The van der Waals surface area contributed by atoms with Crippen LogP contribution in [0.1, 0.15) is 45.1 Å². The third-order valence-electron chi connectivity index (χ3n) is 4.12. The Hall–Kier alpha value is -0.890. The van der Waals surface area contributed by atoms with Crippen LogP contribution in [0.3, 0.4) is 0 Å². The van der Waals surface area contributed by atoms with Gasteiger partial charge in [-0.15, -0.1) is 0 Å². The van der Waals surface area contributed by atoms with Gasteiger partial charge in [0.1, 0.15) is 5.82 Å². The van der Waals surface area contributed by atoms with Gasteiger partial charge in [-0.2, -0.15) is 0 Å². The van der Waals surface area contributed by atoms with Gasteiger partial charge in [0.25, 0.3) is 0 Å². The first-order valence-electron chi connectivity index (χ1n) is 7.65. The van der Waals surface area contributed by atoms with Gasteiger partial charge in [0.15, 0.2) is 0 Å². The highest BCUT2D eigenvalue weighted by atomic mass is 19.1. The summed E-state index contributed by atoms with van der Waals surface area (Å²) in [5.74, 6) is 1.26. The Labute approximate surface area is 116 Å². The van der Waals surface area contributed by atoms with E-state index in [4.69, 9.17) is 0 Å². The maximum absolute atomic E-state index is 13.3. The first kappa shape index (κ1) is 14.5. The summed E-state index contributed by atoms with van der Waals surface area (Å²) < 4.78 is 13.3. The molecule has 1 aromatic rings. The largest absolute Gasteiger partial charge is 0.314 e. The molecule has 106 valence electrons. The van der Waals surface area contributed by atoms with E-state index in [9.17, 15) is 4.39 Å². The Morgan fingerprint density at radius 2 is 2.16 bits per heavy atom. The van der Waals surface area contributed by atoms with Crippen molar-refractivity contribution in [2.75, 3.05) is 6.54 Å². The molecule has 2 atom stereocenters. The minimum absolute atomic E-state index is 0.116. The van der Waals surface area contributed by atoms with Crippen molar-refractivity contribution in [3.8, 4) is 0 Å². The van der Waals surface area contributed by atoms with Gasteiger partial charge in [-0.3, -0.25) is 0 Å². The highest BCUT2D eigenvalue weighted by molar-refractivity contribution is 5.17. The van der Waals surface area contributed by atoms with E-state index in [1.54, 1.807) is 6.07 Å². The van der Waals surface area contributed by atoms with Gasteiger partial charge in [-0.05, 0) is 61.8 Å². The fraction of sp³-hybridized carbons (Fsp3) is 0.647. The number of nitrogens with one attached hydrogen (secondary N) is 1. The van der Waals surface area contributed by atoms with Gasteiger partial charge in [-0.25, -0.2) is 4.39 Å². The molecule has 2 heteroatoms. The van der Waals surface area contributed by atoms with E-state index in [0.717, 1.165) is 30.5 Å². The second-order valence-corrected chi connectivity index (χ2v) is 6.13. The summed E-state index contributed by atoms with van der Waals surface area (Å²) in [6.07, 6.45) is 6.10. The Balaban J connectivity index is 1.90. The van der Waals surface area contributed by atoms with Crippen molar-refractivity contribution >= 4 is 0 Å². The highest BCUT2D eigenvalue weighted by Crippen LogP contribution is 2.23. The van der Waals surface area contributed by atoms with Gasteiger partial charge in [-0.1, -0.05) is 32.4 Å². The van der Waals surface area contributed by atoms with Gasteiger partial charge in [0, 0.05) is 6.04 Å². The Morgan fingerprint density at radius 1 is 1.37 bits per heavy atom. The predicted octanol–water partition coefficient (Wildman–Crippen LogP) is 4.17. The molecule has 1 nitrogen and oxygen atoms in total. The maximum atomic E-state index is 13.3. The lowest BCUT2D eigenvalue weighted by Crippen LogP contribution is -2.27. The molecule has 1 saturated carbocycles. The van der Waals surface area contributed by atoms with Crippen molar-refractivity contribution < 1.29 is 4.39 Å². The monoisotopic (exact) mass is 263 g/mol. The lowest BCUT2D eigenvalue weighted by atomic mass is 9.89. The summed E-state index contributed by atoms with van der Waals surface area (Å²) in [5, 5.41) is 3.63. The van der Waals surface area contributed by atoms with E-state index < -0.39 is 0 Å². The molecule has 0 aliphatic heterocycles. The molecule has 1 N–H and O–H groups in total. The summed E-state index contributed by atoms with van der Waals surface area (Å²) in [6.45, 7) is 5.64. The zero-order valence-electron chi connectivity index (χ0n) is 12.2. The zero-order valence-corrected chi connectivity index (χ0v) is 12.2. The van der Waals surface area contributed by atoms with Gasteiger partial charge >= 0.3 is 0 Å². The SMILES string of the molecule is CCC(C)CC(CNC1CC1)Cc1cccc(F)c1. The van der Waals surface area contributed by atoms with Crippen LogP contribution in [0.2, 0.25) is 0 Å². The molecule has 0 saturated heterocycles. The van der Waals surface area contributed by atoms with Crippen LogP contribution >= 0.6 is 0 Å². The second kappa shape index (κ2) is 7.04. The van der Waals surface area contributed by atoms with Crippen LogP contribution < -0.4 is 5.32 Å². The zero-order chi connectivity index (χ0) is 13.7. The van der Waals surface area contributed by atoms with E-state index in [0.29, 0.717) is 5.92 Å². The van der Waals surface area contributed by atoms with E-state index in [-0.39, 0.29) is 5.82 Å². The first-order valence-corrected chi connectivity index (χ1v) is 7.65. The third kappa shape index (κ3) is 5.32. The van der Waals surface area contributed by atoms with Crippen molar-refractivity contribution in [2.45, 2.75) is 52.0 Å². The lowest BCUT2D eigenvalue weighted by Gasteiger charge is -2.21. The van der Waals surface area contributed by atoms with E-state index in [1.165, 1.54) is 31.7 Å². The molecular weight excluding hydrogens is 237 g/mol. The minimum Gasteiger partial charge on any atom is -0.314 e. The molecule has 0 aromatic heterocycles.